The lowest BCUT2D eigenvalue weighted by molar-refractivity contribution is -0.153. The number of para-hydroxylation sites is 2. The Hall–Kier alpha value is -2.90. The fourth-order valence-electron chi connectivity index (χ4n) is 2.32. The standard InChI is InChI=1S/C18H16F3NO4/c19-18(20,21)11-25-13-7-5-12(6-8-13)9-22-17(23)16-10-24-14-3-1-2-4-15(14)26-16/h1-8,16H,9-11H2,(H,22,23). The van der Waals surface area contributed by atoms with E-state index in [0.29, 0.717) is 11.5 Å². The number of alkyl halides is 3. The van der Waals surface area contributed by atoms with Crippen LogP contribution in [0.5, 0.6) is 17.2 Å². The molecule has 26 heavy (non-hydrogen) atoms. The summed E-state index contributed by atoms with van der Waals surface area (Å²) in [6.45, 7) is -1.03. The van der Waals surface area contributed by atoms with Gasteiger partial charge in [0.15, 0.2) is 18.1 Å². The van der Waals surface area contributed by atoms with Crippen LogP contribution in [0.2, 0.25) is 0 Å². The molecule has 1 aliphatic heterocycles. The molecule has 1 atom stereocenters. The van der Waals surface area contributed by atoms with Gasteiger partial charge in [-0.2, -0.15) is 13.2 Å². The highest BCUT2D eigenvalue weighted by atomic mass is 19.4. The van der Waals surface area contributed by atoms with Crippen LogP contribution in [-0.4, -0.2) is 31.4 Å². The predicted molar refractivity (Wildman–Crippen MR) is 86.2 cm³/mol. The van der Waals surface area contributed by atoms with Crippen molar-refractivity contribution in [1.82, 2.24) is 5.32 Å². The Morgan fingerprint density at radius 2 is 1.81 bits per heavy atom. The molecule has 5 nitrogen and oxygen atoms in total. The second-order valence-corrected chi connectivity index (χ2v) is 5.63. The third kappa shape index (κ3) is 4.81. The molecule has 0 aromatic heterocycles. The lowest BCUT2D eigenvalue weighted by atomic mass is 10.2. The number of nitrogens with one attached hydrogen (secondary N) is 1. The largest absolute Gasteiger partial charge is 0.485 e. The lowest BCUT2D eigenvalue weighted by Crippen LogP contribution is -2.43. The molecule has 0 bridgehead atoms. The number of carbonyl (C=O) groups excluding carboxylic acids is 1. The zero-order chi connectivity index (χ0) is 18.6. The highest BCUT2D eigenvalue weighted by Gasteiger charge is 2.28. The molecule has 8 heteroatoms. The van der Waals surface area contributed by atoms with Gasteiger partial charge in [-0.15, -0.1) is 0 Å². The number of hydrogen-bond acceptors (Lipinski definition) is 4. The van der Waals surface area contributed by atoms with Gasteiger partial charge in [0.05, 0.1) is 0 Å². The fourth-order valence-corrected chi connectivity index (χ4v) is 2.32. The quantitative estimate of drug-likeness (QED) is 0.883. The van der Waals surface area contributed by atoms with Crippen molar-refractivity contribution in [3.8, 4) is 17.2 Å². The smallest absolute Gasteiger partial charge is 0.422 e. The number of carbonyl (C=O) groups is 1. The van der Waals surface area contributed by atoms with Gasteiger partial charge in [-0.1, -0.05) is 24.3 Å². The molecule has 0 saturated heterocycles. The van der Waals surface area contributed by atoms with Crippen LogP contribution in [0.15, 0.2) is 48.5 Å². The molecule has 0 spiro atoms. The summed E-state index contributed by atoms with van der Waals surface area (Å²) in [5.41, 5.74) is 0.717. The highest BCUT2D eigenvalue weighted by Crippen LogP contribution is 2.30. The van der Waals surface area contributed by atoms with E-state index in [9.17, 15) is 18.0 Å². The van der Waals surface area contributed by atoms with Crippen LogP contribution in [0.1, 0.15) is 5.56 Å². The average molecular weight is 367 g/mol. The van der Waals surface area contributed by atoms with E-state index in [-0.39, 0.29) is 24.8 Å². The van der Waals surface area contributed by atoms with Crippen LogP contribution < -0.4 is 19.5 Å². The Morgan fingerprint density at radius 1 is 1.12 bits per heavy atom. The third-order valence-corrected chi connectivity index (χ3v) is 3.59. The van der Waals surface area contributed by atoms with E-state index in [0.717, 1.165) is 5.56 Å². The van der Waals surface area contributed by atoms with E-state index in [2.05, 4.69) is 10.1 Å². The first-order valence-electron chi connectivity index (χ1n) is 7.85. The summed E-state index contributed by atoms with van der Waals surface area (Å²) >= 11 is 0. The SMILES string of the molecule is O=C(NCc1ccc(OCC(F)(F)F)cc1)C1COc2ccccc2O1. The normalized spacial score (nSPS) is 16.0. The van der Waals surface area contributed by atoms with Crippen LogP contribution in [0, 0.1) is 0 Å². The average Bonchev–Trinajstić information content (AvgIpc) is 2.64. The molecule has 0 aliphatic carbocycles. The van der Waals surface area contributed by atoms with E-state index in [4.69, 9.17) is 9.47 Å². The van der Waals surface area contributed by atoms with Crippen LogP contribution >= 0.6 is 0 Å². The van der Waals surface area contributed by atoms with Crippen molar-refractivity contribution >= 4 is 5.91 Å². The van der Waals surface area contributed by atoms with E-state index in [1.165, 1.54) is 12.1 Å². The third-order valence-electron chi connectivity index (χ3n) is 3.59. The number of hydrogen-bond donors (Lipinski definition) is 1. The molecule has 1 amide bonds. The van der Waals surface area contributed by atoms with Gasteiger partial charge in [-0.05, 0) is 29.8 Å². The monoisotopic (exact) mass is 367 g/mol. The van der Waals surface area contributed by atoms with Crippen molar-refractivity contribution in [3.63, 3.8) is 0 Å². The molecule has 1 unspecified atom stereocenters. The second-order valence-electron chi connectivity index (χ2n) is 5.63. The van der Waals surface area contributed by atoms with Crippen molar-refractivity contribution < 1.29 is 32.2 Å². The van der Waals surface area contributed by atoms with E-state index in [1.54, 1.807) is 30.3 Å². The molecule has 138 valence electrons. The number of benzene rings is 2. The van der Waals surface area contributed by atoms with Crippen LogP contribution in [0.25, 0.3) is 0 Å². The van der Waals surface area contributed by atoms with Gasteiger partial charge in [-0.25, -0.2) is 0 Å². The lowest BCUT2D eigenvalue weighted by Gasteiger charge is -2.25. The zero-order valence-electron chi connectivity index (χ0n) is 13.6. The summed E-state index contributed by atoms with van der Waals surface area (Å²) in [5.74, 6) is 0.867. The molecular formula is C18H16F3NO4. The van der Waals surface area contributed by atoms with Crippen molar-refractivity contribution in [1.29, 1.82) is 0 Å². The fraction of sp³-hybridized carbons (Fsp3) is 0.278. The molecule has 3 rings (SSSR count). The zero-order valence-corrected chi connectivity index (χ0v) is 13.6. The van der Waals surface area contributed by atoms with Crippen LogP contribution in [0.3, 0.4) is 0 Å². The van der Waals surface area contributed by atoms with Gasteiger partial charge < -0.3 is 19.5 Å². The summed E-state index contributed by atoms with van der Waals surface area (Å²) < 4.78 is 52.0. The minimum absolute atomic E-state index is 0.104. The maximum Gasteiger partial charge on any atom is 0.422 e. The number of amides is 1. The van der Waals surface area contributed by atoms with E-state index in [1.807, 2.05) is 6.07 Å². The Morgan fingerprint density at radius 3 is 2.50 bits per heavy atom. The maximum atomic E-state index is 12.2. The topological polar surface area (TPSA) is 56.8 Å². The highest BCUT2D eigenvalue weighted by molar-refractivity contribution is 5.81. The Kier molecular flexibility index (Phi) is 5.20. The maximum absolute atomic E-state index is 12.2. The Balaban J connectivity index is 1.49. The Labute approximate surface area is 147 Å². The first-order chi connectivity index (χ1) is 12.4. The van der Waals surface area contributed by atoms with Crippen molar-refractivity contribution in [3.05, 3.63) is 54.1 Å². The summed E-state index contributed by atoms with van der Waals surface area (Å²) in [6.07, 6.45) is -5.15. The molecule has 0 fully saturated rings. The van der Waals surface area contributed by atoms with Gasteiger partial charge in [0.2, 0.25) is 6.10 Å². The Bertz CT molecular complexity index is 762. The minimum Gasteiger partial charge on any atom is -0.485 e. The number of rotatable bonds is 5. The summed E-state index contributed by atoms with van der Waals surface area (Å²) in [5, 5.41) is 2.71. The number of halogens is 3. The first-order valence-corrected chi connectivity index (χ1v) is 7.85. The predicted octanol–water partition coefficient (Wildman–Crippen LogP) is 3.08. The van der Waals surface area contributed by atoms with Crippen molar-refractivity contribution in [2.75, 3.05) is 13.2 Å². The molecule has 1 heterocycles. The minimum atomic E-state index is -4.38. The van der Waals surface area contributed by atoms with Gasteiger partial charge >= 0.3 is 6.18 Å². The van der Waals surface area contributed by atoms with Crippen molar-refractivity contribution in [2.24, 2.45) is 0 Å². The van der Waals surface area contributed by atoms with E-state index < -0.39 is 18.9 Å². The summed E-state index contributed by atoms with van der Waals surface area (Å²) in [7, 11) is 0. The molecule has 0 saturated carbocycles. The van der Waals surface area contributed by atoms with E-state index >= 15 is 0 Å². The second kappa shape index (κ2) is 7.55. The molecule has 0 radical (unpaired) electrons. The van der Waals surface area contributed by atoms with Gasteiger partial charge in [0, 0.05) is 6.54 Å². The number of ether oxygens (including phenoxy) is 3. The molecule has 2 aromatic rings. The molecule has 1 aliphatic rings. The van der Waals surface area contributed by atoms with Crippen LogP contribution in [-0.2, 0) is 11.3 Å². The molecule has 1 N–H and O–H groups in total. The first kappa shape index (κ1) is 17.9. The summed E-state index contributed by atoms with van der Waals surface area (Å²) in [6, 6.07) is 13.1. The number of fused-ring (bicyclic) bond motifs is 1. The molecular weight excluding hydrogens is 351 g/mol. The van der Waals surface area contributed by atoms with Crippen molar-refractivity contribution in [2.45, 2.75) is 18.8 Å². The van der Waals surface area contributed by atoms with Gasteiger partial charge in [0.1, 0.15) is 12.4 Å². The van der Waals surface area contributed by atoms with Gasteiger partial charge in [-0.3, -0.25) is 4.79 Å². The molecule has 2 aromatic carbocycles. The van der Waals surface area contributed by atoms with Gasteiger partial charge in [0.25, 0.3) is 5.91 Å². The van der Waals surface area contributed by atoms with Crippen LogP contribution in [0.4, 0.5) is 13.2 Å². The summed E-state index contributed by atoms with van der Waals surface area (Å²) in [4.78, 5) is 12.2.